The van der Waals surface area contributed by atoms with E-state index >= 15 is 0 Å². The highest BCUT2D eigenvalue weighted by atomic mass is 31.3. The zero-order valence-electron chi connectivity index (χ0n) is 37.6. The van der Waals surface area contributed by atoms with Gasteiger partial charge in [-0.3, -0.25) is 23.2 Å². The Balaban J connectivity index is 1.85. The average molecular weight is 950 g/mol. The highest BCUT2D eigenvalue weighted by Gasteiger charge is 2.46. The van der Waals surface area contributed by atoms with E-state index < -0.39 is 89.8 Å². The summed E-state index contributed by atoms with van der Waals surface area (Å²) in [6, 6.07) is 1.24. The number of aliphatic hydroxyl groups excluding tert-OH is 3. The predicted molar refractivity (Wildman–Crippen MR) is 239 cm³/mol. The monoisotopic (exact) mass is 949 g/mol. The van der Waals surface area contributed by atoms with Crippen molar-refractivity contribution in [2.45, 2.75) is 173 Å². The third-order valence-corrected chi connectivity index (χ3v) is 13.0. The number of nitrogen functional groups attached to an aromatic ring is 1. The van der Waals surface area contributed by atoms with Crippen LogP contribution in [0.4, 0.5) is 5.82 Å². The minimum absolute atomic E-state index is 0.0327. The molecule has 1 aliphatic heterocycles. The number of nitrogens with two attached hydrogens (primary N) is 1. The Morgan fingerprint density at radius 2 is 1.52 bits per heavy atom. The lowest BCUT2D eigenvalue weighted by atomic mass is 10.00. The molecule has 7 N–H and O–H groups in total. The average Bonchev–Trinajstić information content (AvgIpc) is 3.52. The van der Waals surface area contributed by atoms with Gasteiger partial charge in [0.05, 0.1) is 19.3 Å². The van der Waals surface area contributed by atoms with Gasteiger partial charge in [-0.25, -0.2) is 13.9 Å². The van der Waals surface area contributed by atoms with Gasteiger partial charge in [-0.15, -0.1) is 0 Å². The molecular formula is C43H73N3O16P2. The van der Waals surface area contributed by atoms with Crippen molar-refractivity contribution < 1.29 is 71.4 Å². The number of unbranched alkanes of at least 4 members (excludes halogenated alkanes) is 10. The minimum atomic E-state index is -5.43. The highest BCUT2D eigenvalue weighted by Crippen LogP contribution is 2.60. The zero-order chi connectivity index (χ0) is 47.4. The van der Waals surface area contributed by atoms with Gasteiger partial charge in [0.2, 0.25) is 0 Å². The quantitative estimate of drug-likeness (QED) is 0.0133. The third kappa shape index (κ3) is 25.0. The van der Waals surface area contributed by atoms with Crippen LogP contribution in [0.25, 0.3) is 0 Å². The summed E-state index contributed by atoms with van der Waals surface area (Å²) in [6.07, 6.45) is 18.9. The van der Waals surface area contributed by atoms with Gasteiger partial charge in [0.25, 0.3) is 0 Å². The van der Waals surface area contributed by atoms with Crippen molar-refractivity contribution >= 4 is 33.4 Å². The molecule has 0 amide bonds. The van der Waals surface area contributed by atoms with E-state index in [9.17, 15) is 48.6 Å². The number of anilines is 1. The molecular weight excluding hydrogens is 876 g/mol. The van der Waals surface area contributed by atoms with E-state index in [0.717, 1.165) is 87.8 Å². The molecule has 2 rings (SSSR count). The summed E-state index contributed by atoms with van der Waals surface area (Å²) >= 11 is 0. The highest BCUT2D eigenvalue weighted by molar-refractivity contribution is 7.61. The lowest BCUT2D eigenvalue weighted by Gasteiger charge is -2.21. The maximum absolute atomic E-state index is 12.8. The molecule has 1 aromatic heterocycles. The number of aromatic nitrogens is 2. The van der Waals surface area contributed by atoms with Crippen LogP contribution in [0.1, 0.15) is 143 Å². The first-order chi connectivity index (χ1) is 30.5. The molecule has 0 saturated carbocycles. The maximum atomic E-state index is 12.8. The zero-order valence-corrected chi connectivity index (χ0v) is 39.4. The summed E-state index contributed by atoms with van der Waals surface area (Å²) in [5, 5.41) is 30.7. The van der Waals surface area contributed by atoms with E-state index in [1.807, 2.05) is 37.3 Å². The molecule has 1 saturated heterocycles. The summed E-state index contributed by atoms with van der Waals surface area (Å²) in [4.78, 5) is 61.6. The first-order valence-electron chi connectivity index (χ1n) is 22.5. The molecule has 0 aliphatic carbocycles. The number of rotatable bonds is 35. The number of hydrogen-bond donors (Lipinski definition) is 6. The molecule has 1 aliphatic rings. The third-order valence-electron chi connectivity index (χ3n) is 10.4. The largest absolute Gasteiger partial charge is 0.481 e. The van der Waals surface area contributed by atoms with Crippen LogP contribution in [0, 0.1) is 5.92 Å². The first-order valence-corrected chi connectivity index (χ1v) is 25.5. The second kappa shape index (κ2) is 31.8. The molecule has 1 aromatic rings. The van der Waals surface area contributed by atoms with Gasteiger partial charge in [-0.05, 0) is 50.5 Å². The molecule has 0 bridgehead atoms. The topological polar surface area (TPSA) is 286 Å². The molecule has 1 fully saturated rings. The lowest BCUT2D eigenvalue weighted by Crippen LogP contribution is -2.36. The summed E-state index contributed by atoms with van der Waals surface area (Å²) < 4.78 is 56.5. The van der Waals surface area contributed by atoms with E-state index in [1.165, 1.54) is 12.5 Å². The molecule has 0 aromatic carbocycles. The first kappa shape index (κ1) is 57.1. The van der Waals surface area contributed by atoms with Gasteiger partial charge in [-0.1, -0.05) is 121 Å². The van der Waals surface area contributed by atoms with Gasteiger partial charge in [0.15, 0.2) is 12.3 Å². The molecule has 2 heterocycles. The molecule has 19 nitrogen and oxygen atoms in total. The van der Waals surface area contributed by atoms with Gasteiger partial charge < -0.3 is 45.1 Å². The number of carbonyl (C=O) groups excluding carboxylic acids is 2. The normalized spacial score (nSPS) is 21.2. The standard InChI is InChI=1S/C43H73N3O16P2/c1-4-6-18-24-34(47)25-20-15-10-8-7-9-11-16-21-26-38(48)57-30-35(60-39(49)27-22-17-13-12-14-19-23-33(3)5-2)31-58-63(53,54)62-64(55,56)59-32-36-40(50)41(51)42(61-36)46-29-28-37(44)45-43(46)52/h6,10,15,18,20,25,28-29,33-36,40-42,47,50-51H,4-5,7-9,11-14,16-17,19,21-24,26-27,30-32H2,1-3H3,(H,53,54)(H,55,56)(H2,44,45,52)/b15-10+,18-6+,25-20+/t33?,34?,35-,36-,40-,41-,42-/m1/s1. The number of phosphoric ester groups is 2. The summed E-state index contributed by atoms with van der Waals surface area (Å²) in [5.41, 5.74) is 4.57. The summed E-state index contributed by atoms with van der Waals surface area (Å²) in [5.74, 6) is -0.658. The van der Waals surface area contributed by atoms with E-state index in [4.69, 9.17) is 29.0 Å². The summed E-state index contributed by atoms with van der Waals surface area (Å²) in [7, 11) is -10.9. The number of nitrogens with zero attached hydrogens (tertiary/aromatic N) is 2. The van der Waals surface area contributed by atoms with Crippen molar-refractivity contribution in [1.29, 1.82) is 0 Å². The van der Waals surface area contributed by atoms with E-state index in [1.54, 1.807) is 6.08 Å². The number of hydrogen-bond acceptors (Lipinski definition) is 16. The fourth-order valence-corrected chi connectivity index (χ4v) is 8.55. The molecule has 366 valence electrons. The fraction of sp³-hybridized carbons (Fsp3) is 0.721. The van der Waals surface area contributed by atoms with Crippen molar-refractivity contribution in [3.63, 3.8) is 0 Å². The fourth-order valence-electron chi connectivity index (χ4n) is 6.44. The molecule has 0 spiro atoms. The number of carbonyl (C=O) groups is 2. The van der Waals surface area contributed by atoms with Crippen LogP contribution >= 0.6 is 15.6 Å². The van der Waals surface area contributed by atoms with Gasteiger partial charge in [-0.2, -0.15) is 9.29 Å². The Morgan fingerprint density at radius 3 is 2.19 bits per heavy atom. The van der Waals surface area contributed by atoms with Crippen LogP contribution in [0.15, 0.2) is 53.5 Å². The van der Waals surface area contributed by atoms with Crippen molar-refractivity contribution in [2.75, 3.05) is 25.6 Å². The predicted octanol–water partition coefficient (Wildman–Crippen LogP) is 6.88. The SMILES string of the molecule is CC/C=C/CC(O)/C=C/C=C/CCCCCCCC(=O)OC[C@H](COP(=O)(O)OP(=O)(O)OC[C@H]1O[C@@H](n2ccc(N)nc2=O)[C@H](O)[C@@H]1O)OC(=O)CCCCCCCCC(C)CC. The number of aliphatic hydroxyl groups is 3. The Hall–Kier alpha value is -3.06. The van der Waals surface area contributed by atoms with Crippen LogP contribution in [0.3, 0.4) is 0 Å². The number of phosphoric acid groups is 2. The van der Waals surface area contributed by atoms with E-state index in [0.29, 0.717) is 25.2 Å². The Bertz CT molecular complexity index is 1740. The second-order valence-electron chi connectivity index (χ2n) is 16.0. The number of allylic oxidation sites excluding steroid dienone is 4. The molecule has 4 unspecified atom stereocenters. The van der Waals surface area contributed by atoms with Crippen LogP contribution in [-0.4, -0.2) is 96.9 Å². The second-order valence-corrected chi connectivity index (χ2v) is 19.0. The molecule has 0 radical (unpaired) electrons. The smallest absolute Gasteiger partial charge is 0.462 e. The molecule has 21 heteroatoms. The van der Waals surface area contributed by atoms with E-state index in [2.05, 4.69) is 23.1 Å². The van der Waals surface area contributed by atoms with Gasteiger partial charge >= 0.3 is 33.3 Å². The van der Waals surface area contributed by atoms with Crippen LogP contribution in [-0.2, 0) is 46.3 Å². The minimum Gasteiger partial charge on any atom is -0.462 e. The van der Waals surface area contributed by atoms with Crippen molar-refractivity contribution in [1.82, 2.24) is 9.55 Å². The Morgan fingerprint density at radius 1 is 0.875 bits per heavy atom. The van der Waals surface area contributed by atoms with Crippen LogP contribution in [0.2, 0.25) is 0 Å². The summed E-state index contributed by atoms with van der Waals surface area (Å²) in [6.45, 7) is 4.10. The van der Waals surface area contributed by atoms with Crippen molar-refractivity contribution in [3.8, 4) is 0 Å². The molecule has 64 heavy (non-hydrogen) atoms. The maximum Gasteiger partial charge on any atom is 0.481 e. The number of esters is 2. The van der Waals surface area contributed by atoms with Crippen molar-refractivity contribution in [3.05, 3.63) is 59.2 Å². The molecule has 9 atom stereocenters. The Labute approximate surface area is 377 Å². The van der Waals surface area contributed by atoms with Crippen LogP contribution in [0.5, 0.6) is 0 Å². The van der Waals surface area contributed by atoms with Gasteiger partial charge in [0, 0.05) is 19.0 Å². The number of ether oxygens (including phenoxy) is 3. The Kier molecular flexibility index (Phi) is 28.3. The lowest BCUT2D eigenvalue weighted by molar-refractivity contribution is -0.161. The van der Waals surface area contributed by atoms with Crippen LogP contribution < -0.4 is 11.4 Å². The van der Waals surface area contributed by atoms with Gasteiger partial charge in [0.1, 0.15) is 30.7 Å². The van der Waals surface area contributed by atoms with E-state index in [-0.39, 0.29) is 18.7 Å². The van der Waals surface area contributed by atoms with Crippen molar-refractivity contribution in [2.24, 2.45) is 5.92 Å².